The van der Waals surface area contributed by atoms with Gasteiger partial charge < -0.3 is 10.3 Å². The number of benzene rings is 1. The number of H-pyrrole nitrogens is 1. The van der Waals surface area contributed by atoms with E-state index in [1.165, 1.54) is 5.56 Å². The Hall–Kier alpha value is -1.39. The van der Waals surface area contributed by atoms with Gasteiger partial charge in [0, 0.05) is 18.6 Å². The quantitative estimate of drug-likeness (QED) is 0.867. The number of nitrogens with zero attached hydrogens (tertiary/aromatic N) is 2. The Balaban J connectivity index is 2.16. The number of hydrogen-bond acceptors (Lipinski definition) is 3. The molecular weight excluding hydrogens is 236 g/mol. The molecule has 2 N–H and O–H groups in total. The van der Waals surface area contributed by atoms with Crippen molar-refractivity contribution in [1.82, 2.24) is 20.2 Å². The van der Waals surface area contributed by atoms with Crippen LogP contribution in [0.1, 0.15) is 25.2 Å². The average molecular weight is 260 g/mol. The number of hydrogen-bond donors (Lipinski definition) is 2. The number of fused-ring (bicyclic) bond motifs is 1. The molecule has 0 spiro atoms. The van der Waals surface area contributed by atoms with Crippen molar-refractivity contribution in [3.05, 3.63) is 29.6 Å². The van der Waals surface area contributed by atoms with E-state index in [0.717, 1.165) is 29.9 Å². The fraction of sp³-hybridized carbons (Fsp3) is 0.533. The summed E-state index contributed by atoms with van der Waals surface area (Å²) in [5, 5.41) is 3.25. The first-order valence-electron chi connectivity index (χ1n) is 6.73. The van der Waals surface area contributed by atoms with Gasteiger partial charge in [-0.25, -0.2) is 4.98 Å². The average Bonchev–Trinajstić information content (AvgIpc) is 2.68. The molecule has 0 saturated carbocycles. The smallest absolute Gasteiger partial charge is 0.104 e. The molecule has 0 fully saturated rings. The van der Waals surface area contributed by atoms with Gasteiger partial charge in [-0.1, -0.05) is 6.07 Å². The molecule has 4 heteroatoms. The Morgan fingerprint density at radius 3 is 2.79 bits per heavy atom. The van der Waals surface area contributed by atoms with Crippen molar-refractivity contribution < 1.29 is 0 Å². The maximum Gasteiger partial charge on any atom is 0.104 e. The predicted molar refractivity (Wildman–Crippen MR) is 80.3 cm³/mol. The van der Waals surface area contributed by atoms with E-state index in [2.05, 4.69) is 59.3 Å². The molecule has 2 aromatic rings. The molecule has 0 aliphatic rings. The van der Waals surface area contributed by atoms with E-state index in [-0.39, 0.29) is 5.54 Å². The fourth-order valence-corrected chi connectivity index (χ4v) is 2.34. The molecule has 0 radical (unpaired) electrons. The summed E-state index contributed by atoms with van der Waals surface area (Å²) in [4.78, 5) is 10.1. The summed E-state index contributed by atoms with van der Waals surface area (Å²) in [5.74, 6) is 0.969. The van der Waals surface area contributed by atoms with Crippen molar-refractivity contribution in [2.24, 2.45) is 0 Å². The van der Waals surface area contributed by atoms with Gasteiger partial charge in [0.15, 0.2) is 0 Å². The van der Waals surface area contributed by atoms with Crippen molar-refractivity contribution in [1.29, 1.82) is 0 Å². The van der Waals surface area contributed by atoms with Crippen molar-refractivity contribution in [2.45, 2.75) is 32.9 Å². The van der Waals surface area contributed by atoms with Crippen LogP contribution in [0.2, 0.25) is 0 Å². The van der Waals surface area contributed by atoms with Crippen LogP contribution in [0.4, 0.5) is 0 Å². The molecule has 0 aliphatic heterocycles. The van der Waals surface area contributed by atoms with Gasteiger partial charge in [-0.15, -0.1) is 0 Å². The summed E-state index contributed by atoms with van der Waals surface area (Å²) in [6.07, 6.45) is 0. The van der Waals surface area contributed by atoms with E-state index in [9.17, 15) is 0 Å². The Bertz CT molecular complexity index is 556. The molecule has 0 aliphatic carbocycles. The first kappa shape index (κ1) is 14.0. The van der Waals surface area contributed by atoms with Gasteiger partial charge in [0.1, 0.15) is 5.82 Å². The highest BCUT2D eigenvalue weighted by molar-refractivity contribution is 5.75. The standard InChI is InChI=1S/C15H24N4/c1-11-17-13-7-6-12(8-14(13)18-11)9-19(5)15(2,3)10-16-4/h6-8,16H,9-10H2,1-5H3,(H,17,18). The number of imidazole rings is 1. The molecule has 2 rings (SSSR count). The lowest BCUT2D eigenvalue weighted by Gasteiger charge is -2.35. The molecule has 4 nitrogen and oxygen atoms in total. The predicted octanol–water partition coefficient (Wildman–Crippen LogP) is 2.30. The normalized spacial score (nSPS) is 12.5. The molecule has 0 saturated heterocycles. The van der Waals surface area contributed by atoms with Gasteiger partial charge in [0.25, 0.3) is 0 Å². The van der Waals surface area contributed by atoms with Gasteiger partial charge in [0.2, 0.25) is 0 Å². The molecule has 19 heavy (non-hydrogen) atoms. The van der Waals surface area contributed by atoms with Crippen molar-refractivity contribution in [2.75, 3.05) is 20.6 Å². The lowest BCUT2D eigenvalue weighted by atomic mass is 10.0. The fourth-order valence-electron chi connectivity index (χ4n) is 2.34. The van der Waals surface area contributed by atoms with Crippen LogP contribution in [0.3, 0.4) is 0 Å². The Kier molecular flexibility index (Phi) is 3.92. The molecule has 1 aromatic heterocycles. The van der Waals surface area contributed by atoms with Crippen LogP contribution < -0.4 is 5.32 Å². The van der Waals surface area contributed by atoms with Crippen LogP contribution in [-0.4, -0.2) is 41.0 Å². The monoisotopic (exact) mass is 260 g/mol. The third kappa shape index (κ3) is 3.14. The summed E-state index contributed by atoms with van der Waals surface area (Å²) in [7, 11) is 4.16. The Morgan fingerprint density at radius 2 is 2.11 bits per heavy atom. The number of nitrogens with one attached hydrogen (secondary N) is 2. The van der Waals surface area contributed by atoms with Crippen molar-refractivity contribution >= 4 is 11.0 Å². The zero-order valence-corrected chi connectivity index (χ0v) is 12.5. The topological polar surface area (TPSA) is 44.0 Å². The number of rotatable bonds is 5. The van der Waals surface area contributed by atoms with Crippen LogP contribution >= 0.6 is 0 Å². The van der Waals surface area contributed by atoms with E-state index in [1.54, 1.807) is 0 Å². The highest BCUT2D eigenvalue weighted by Gasteiger charge is 2.22. The minimum absolute atomic E-state index is 0.133. The van der Waals surface area contributed by atoms with E-state index in [0.29, 0.717) is 0 Å². The molecule has 1 aromatic carbocycles. The maximum atomic E-state index is 4.43. The molecule has 0 amide bonds. The van der Waals surface area contributed by atoms with Gasteiger partial charge >= 0.3 is 0 Å². The molecule has 104 valence electrons. The Labute approximate surface area is 115 Å². The zero-order chi connectivity index (χ0) is 14.0. The largest absolute Gasteiger partial charge is 0.342 e. The second kappa shape index (κ2) is 5.31. The van der Waals surface area contributed by atoms with E-state index in [1.807, 2.05) is 14.0 Å². The van der Waals surface area contributed by atoms with Crippen LogP contribution in [0.25, 0.3) is 11.0 Å². The van der Waals surface area contributed by atoms with E-state index >= 15 is 0 Å². The van der Waals surface area contributed by atoms with Crippen LogP contribution in [-0.2, 0) is 6.54 Å². The molecule has 0 unspecified atom stereocenters. The van der Waals surface area contributed by atoms with Gasteiger partial charge in [-0.3, -0.25) is 4.90 Å². The molecule has 1 heterocycles. The first-order valence-corrected chi connectivity index (χ1v) is 6.73. The number of likely N-dealkylation sites (N-methyl/N-ethyl adjacent to an activating group) is 2. The third-order valence-corrected chi connectivity index (χ3v) is 3.73. The highest BCUT2D eigenvalue weighted by Crippen LogP contribution is 2.18. The first-order chi connectivity index (χ1) is 8.92. The lowest BCUT2D eigenvalue weighted by molar-refractivity contribution is 0.147. The SMILES string of the molecule is CNCC(C)(C)N(C)Cc1ccc2nc(C)[nH]c2c1. The van der Waals surface area contributed by atoms with Gasteiger partial charge in [-0.2, -0.15) is 0 Å². The van der Waals surface area contributed by atoms with Gasteiger partial charge in [-0.05, 0) is 52.6 Å². The van der Waals surface area contributed by atoms with Crippen molar-refractivity contribution in [3.63, 3.8) is 0 Å². The summed E-state index contributed by atoms with van der Waals surface area (Å²) in [6.45, 7) is 8.39. The minimum atomic E-state index is 0.133. The molecule has 0 bridgehead atoms. The number of aromatic nitrogens is 2. The second-order valence-corrected chi connectivity index (χ2v) is 5.87. The van der Waals surface area contributed by atoms with E-state index in [4.69, 9.17) is 0 Å². The molecular formula is C15H24N4. The summed E-state index contributed by atoms with van der Waals surface area (Å²) in [5.41, 5.74) is 3.60. The zero-order valence-electron chi connectivity index (χ0n) is 12.5. The maximum absolute atomic E-state index is 4.43. The summed E-state index contributed by atoms with van der Waals surface area (Å²) >= 11 is 0. The van der Waals surface area contributed by atoms with Gasteiger partial charge in [0.05, 0.1) is 11.0 Å². The second-order valence-electron chi connectivity index (χ2n) is 5.87. The number of aromatic amines is 1. The lowest BCUT2D eigenvalue weighted by Crippen LogP contribution is -2.47. The van der Waals surface area contributed by atoms with Crippen molar-refractivity contribution in [3.8, 4) is 0 Å². The van der Waals surface area contributed by atoms with Crippen LogP contribution in [0.5, 0.6) is 0 Å². The summed E-state index contributed by atoms with van der Waals surface area (Å²) in [6, 6.07) is 6.45. The van der Waals surface area contributed by atoms with Crippen LogP contribution in [0, 0.1) is 6.92 Å². The Morgan fingerprint density at radius 1 is 1.37 bits per heavy atom. The summed E-state index contributed by atoms with van der Waals surface area (Å²) < 4.78 is 0. The highest BCUT2D eigenvalue weighted by atomic mass is 15.2. The van der Waals surface area contributed by atoms with E-state index < -0.39 is 0 Å². The van der Waals surface area contributed by atoms with Crippen LogP contribution in [0.15, 0.2) is 18.2 Å². The number of aryl methyl sites for hydroxylation is 1. The molecule has 0 atom stereocenters. The third-order valence-electron chi connectivity index (χ3n) is 3.73. The minimum Gasteiger partial charge on any atom is -0.342 e.